The number of para-hydroxylation sites is 1. The third-order valence-electron chi connectivity index (χ3n) is 3.15. The van der Waals surface area contributed by atoms with Gasteiger partial charge in [0.1, 0.15) is 0 Å². The number of anilines is 1. The van der Waals surface area contributed by atoms with Crippen LogP contribution in [0.15, 0.2) is 42.5 Å². The van der Waals surface area contributed by atoms with Gasteiger partial charge >= 0.3 is 37.7 Å². The Morgan fingerprint density at radius 3 is 2.52 bits per heavy atom. The largest absolute Gasteiger partial charge is 1.00 e. The minimum atomic E-state index is -1.25. The molecule has 0 saturated carbocycles. The van der Waals surface area contributed by atoms with E-state index in [2.05, 4.69) is 6.07 Å². The van der Waals surface area contributed by atoms with E-state index >= 15 is 0 Å². The van der Waals surface area contributed by atoms with Crippen LogP contribution in [0, 0.1) is 6.07 Å². The number of fused-ring (bicyclic) bond motifs is 1. The van der Waals surface area contributed by atoms with E-state index in [-0.39, 0.29) is 43.6 Å². The summed E-state index contributed by atoms with van der Waals surface area (Å²) < 4.78 is 5.06. The van der Waals surface area contributed by atoms with Crippen LogP contribution in [0.2, 0.25) is 0 Å². The van der Waals surface area contributed by atoms with E-state index in [0.29, 0.717) is 22.6 Å². The molecule has 1 atom stereocenters. The van der Waals surface area contributed by atoms with E-state index in [0.717, 1.165) is 0 Å². The molecular formula is C15H11Li2NO3. The summed E-state index contributed by atoms with van der Waals surface area (Å²) in [6.45, 7) is 0. The van der Waals surface area contributed by atoms with Gasteiger partial charge in [-0.2, -0.15) is 0 Å². The molecule has 1 unspecified atom stereocenters. The molecule has 0 fully saturated rings. The molecule has 21 heavy (non-hydrogen) atoms. The van der Waals surface area contributed by atoms with Gasteiger partial charge in [0.15, 0.2) is 5.91 Å². The molecule has 1 amide bonds. The molecule has 0 aromatic heterocycles. The molecule has 0 aliphatic carbocycles. The maximum absolute atomic E-state index is 12.4. The average Bonchev–Trinajstić information content (AvgIpc) is 2.71. The first-order chi connectivity index (χ1) is 9.22. The molecule has 1 aliphatic heterocycles. The minimum Gasteiger partial charge on any atom is -0.840 e. The van der Waals surface area contributed by atoms with Crippen molar-refractivity contribution in [2.45, 2.75) is 6.23 Å². The topological polar surface area (TPSA) is 52.6 Å². The summed E-state index contributed by atoms with van der Waals surface area (Å²) in [5.41, 5.74) is 1.33. The monoisotopic (exact) mass is 267 g/mol. The molecule has 0 spiro atoms. The van der Waals surface area contributed by atoms with Gasteiger partial charge in [-0.05, 0) is 12.1 Å². The normalized spacial score (nSPS) is 15.8. The van der Waals surface area contributed by atoms with Gasteiger partial charge in [0, 0.05) is 11.4 Å². The number of nitrogens with zero attached hydrogens (tertiary/aromatic N) is 1. The first kappa shape index (κ1) is 17.9. The molecular weight excluding hydrogens is 256 g/mol. The van der Waals surface area contributed by atoms with Crippen LogP contribution in [-0.2, 0) is 0 Å². The maximum Gasteiger partial charge on any atom is 1.00 e. The summed E-state index contributed by atoms with van der Waals surface area (Å²) in [7, 11) is 1.51. The molecule has 0 saturated heterocycles. The average molecular weight is 267 g/mol. The molecule has 2 aromatic rings. The van der Waals surface area contributed by atoms with Crippen molar-refractivity contribution in [3.63, 3.8) is 0 Å². The van der Waals surface area contributed by atoms with Gasteiger partial charge in [-0.3, -0.25) is 0 Å². The van der Waals surface area contributed by atoms with Crippen molar-refractivity contribution in [2.75, 3.05) is 12.0 Å². The van der Waals surface area contributed by atoms with E-state index in [1.165, 1.54) is 12.0 Å². The Kier molecular flexibility index (Phi) is 6.16. The summed E-state index contributed by atoms with van der Waals surface area (Å²) in [5, 5.41) is 12.4. The number of amides is 1. The molecule has 0 N–H and O–H groups in total. The van der Waals surface area contributed by atoms with Crippen LogP contribution in [0.5, 0.6) is 5.75 Å². The van der Waals surface area contributed by atoms with Crippen LogP contribution in [0.1, 0.15) is 22.1 Å². The molecule has 1 heterocycles. The van der Waals surface area contributed by atoms with Crippen molar-refractivity contribution in [1.29, 1.82) is 0 Å². The van der Waals surface area contributed by atoms with Gasteiger partial charge in [-0.25, -0.2) is 0 Å². The molecule has 2 aromatic carbocycles. The zero-order valence-corrected chi connectivity index (χ0v) is 12.3. The number of hydrogen-bond acceptors (Lipinski definition) is 3. The van der Waals surface area contributed by atoms with Gasteiger partial charge < -0.3 is 19.5 Å². The Bertz CT molecular complexity index is 634. The van der Waals surface area contributed by atoms with Crippen molar-refractivity contribution in [1.82, 2.24) is 0 Å². The van der Waals surface area contributed by atoms with Crippen LogP contribution in [-0.4, -0.2) is 13.0 Å². The molecule has 96 valence electrons. The van der Waals surface area contributed by atoms with Crippen molar-refractivity contribution in [3.8, 4) is 5.75 Å². The smallest absolute Gasteiger partial charge is 0.840 e. The van der Waals surface area contributed by atoms with Crippen LogP contribution < -0.4 is 52.5 Å². The Morgan fingerprint density at radius 2 is 1.90 bits per heavy atom. The molecule has 4 nitrogen and oxygen atoms in total. The molecule has 6 heteroatoms. The van der Waals surface area contributed by atoms with Gasteiger partial charge in [-0.15, -0.1) is 17.7 Å². The van der Waals surface area contributed by atoms with Crippen molar-refractivity contribution >= 4 is 11.6 Å². The second-order valence-electron chi connectivity index (χ2n) is 4.23. The molecule has 0 bridgehead atoms. The quantitative estimate of drug-likeness (QED) is 0.407. The van der Waals surface area contributed by atoms with Crippen LogP contribution in [0.3, 0.4) is 0 Å². The zero-order valence-electron chi connectivity index (χ0n) is 12.3. The third kappa shape index (κ3) is 3.06. The van der Waals surface area contributed by atoms with Crippen molar-refractivity contribution in [3.05, 3.63) is 59.7 Å². The fourth-order valence-electron chi connectivity index (χ4n) is 2.20. The number of carbonyl (C=O) groups is 1. The first-order valence-corrected chi connectivity index (χ1v) is 5.86. The van der Waals surface area contributed by atoms with Gasteiger partial charge in [-0.1, -0.05) is 36.1 Å². The van der Waals surface area contributed by atoms with Gasteiger partial charge in [0.05, 0.1) is 7.11 Å². The summed E-state index contributed by atoms with van der Waals surface area (Å²) >= 11 is 0. The number of ether oxygens (including phenoxy) is 1. The van der Waals surface area contributed by atoms with Crippen LogP contribution in [0.4, 0.5) is 5.69 Å². The van der Waals surface area contributed by atoms with Gasteiger partial charge in [0.25, 0.3) is 0 Å². The second-order valence-corrected chi connectivity index (χ2v) is 4.23. The van der Waals surface area contributed by atoms with E-state index in [1.54, 1.807) is 36.4 Å². The number of methoxy groups -OCH3 is 1. The first-order valence-electron chi connectivity index (χ1n) is 5.86. The number of rotatable bonds is 2. The zero-order chi connectivity index (χ0) is 13.4. The van der Waals surface area contributed by atoms with Crippen LogP contribution >= 0.6 is 0 Å². The second kappa shape index (κ2) is 7.23. The number of benzene rings is 2. The molecule has 3 rings (SSSR count). The maximum atomic E-state index is 12.4. The number of hydrogen-bond donors (Lipinski definition) is 0. The Hall–Kier alpha value is -1.14. The predicted octanol–water partition coefficient (Wildman–Crippen LogP) is -4.48. The standard InChI is InChI=1S/C15H11NO3.2Li/c1-19-11-7-8-12-13(9-11)15(18)16(14(12)17)10-5-3-2-4-6-10;;/h2-7,9,15H,1H3;;/q-2;2*+1. The van der Waals surface area contributed by atoms with E-state index in [1.807, 2.05) is 6.07 Å². The minimum absolute atomic E-state index is 0. The predicted molar refractivity (Wildman–Crippen MR) is 67.8 cm³/mol. The SMILES string of the molecule is COc1c[c-]c2c(c1)C([O-])N(c1ccccc1)C2=O.[Li+].[Li+]. The third-order valence-corrected chi connectivity index (χ3v) is 3.15. The van der Waals surface area contributed by atoms with Crippen LogP contribution in [0.25, 0.3) is 0 Å². The summed E-state index contributed by atoms with van der Waals surface area (Å²) in [6, 6.07) is 14.9. The van der Waals surface area contributed by atoms with Crippen molar-refractivity contribution < 1.29 is 52.4 Å². The summed E-state index contributed by atoms with van der Waals surface area (Å²) in [4.78, 5) is 13.5. The van der Waals surface area contributed by atoms with E-state index in [4.69, 9.17) is 4.74 Å². The Balaban J connectivity index is 0.00000110. The number of carbonyl (C=O) groups excluding carboxylic acids is 1. The molecule has 1 aliphatic rings. The fourth-order valence-corrected chi connectivity index (χ4v) is 2.20. The Labute approximate surface area is 147 Å². The van der Waals surface area contributed by atoms with Gasteiger partial charge in [0.2, 0.25) is 0 Å². The Morgan fingerprint density at radius 1 is 1.24 bits per heavy atom. The van der Waals surface area contributed by atoms with E-state index < -0.39 is 6.23 Å². The molecule has 0 radical (unpaired) electrons. The van der Waals surface area contributed by atoms with Crippen molar-refractivity contribution in [2.24, 2.45) is 0 Å². The van der Waals surface area contributed by atoms with E-state index in [9.17, 15) is 9.90 Å². The summed E-state index contributed by atoms with van der Waals surface area (Å²) in [5.74, 6) is 0.214. The summed E-state index contributed by atoms with van der Waals surface area (Å²) in [6.07, 6.45) is -1.25. The fraction of sp³-hybridized carbons (Fsp3) is 0.133.